The van der Waals surface area contributed by atoms with Gasteiger partial charge in [0.1, 0.15) is 0 Å². The summed E-state index contributed by atoms with van der Waals surface area (Å²) in [7, 11) is 0. The molecule has 0 amide bonds. The first-order valence-corrected chi connectivity index (χ1v) is 6.47. The predicted octanol–water partition coefficient (Wildman–Crippen LogP) is 2.14. The van der Waals surface area contributed by atoms with E-state index >= 15 is 0 Å². The van der Waals surface area contributed by atoms with Crippen molar-refractivity contribution in [3.8, 4) is 0 Å². The van der Waals surface area contributed by atoms with Crippen LogP contribution >= 0.6 is 15.9 Å². The number of carboxylic acid groups (broad SMARTS) is 1. The molecule has 1 aromatic heterocycles. The summed E-state index contributed by atoms with van der Waals surface area (Å²) in [4.78, 5) is 17.2. The molecule has 1 atom stereocenters. The lowest BCUT2D eigenvalue weighted by Crippen LogP contribution is -2.21. The Balaban J connectivity index is 1.85. The Bertz CT molecular complexity index is 394. The predicted molar refractivity (Wildman–Crippen MR) is 67.6 cm³/mol. The zero-order valence-corrected chi connectivity index (χ0v) is 11.1. The highest BCUT2D eigenvalue weighted by atomic mass is 79.9. The van der Waals surface area contributed by atoms with Gasteiger partial charge in [-0.2, -0.15) is 0 Å². The lowest BCUT2D eigenvalue weighted by molar-refractivity contribution is -0.138. The van der Waals surface area contributed by atoms with Crippen LogP contribution in [0.5, 0.6) is 0 Å². The molecule has 1 aliphatic rings. The molecule has 2 heterocycles. The third-order valence-electron chi connectivity index (χ3n) is 3.01. The van der Waals surface area contributed by atoms with Crippen LogP contribution in [0.1, 0.15) is 18.5 Å². The third kappa shape index (κ3) is 3.78. The fourth-order valence-corrected chi connectivity index (χ4v) is 2.43. The quantitative estimate of drug-likeness (QED) is 0.925. The van der Waals surface area contributed by atoms with Crippen LogP contribution in [0.15, 0.2) is 22.8 Å². The molecule has 5 heteroatoms. The van der Waals surface area contributed by atoms with Crippen molar-refractivity contribution in [3.63, 3.8) is 0 Å². The number of aromatic nitrogens is 1. The van der Waals surface area contributed by atoms with Crippen LogP contribution in [0.3, 0.4) is 0 Å². The lowest BCUT2D eigenvalue weighted by atomic mass is 10.1. The fourth-order valence-electron chi connectivity index (χ4n) is 2.20. The van der Waals surface area contributed by atoms with Crippen molar-refractivity contribution in [1.82, 2.24) is 9.88 Å². The fraction of sp³-hybridized carbons (Fsp3) is 0.500. The number of hydrogen-bond acceptors (Lipinski definition) is 3. The third-order valence-corrected chi connectivity index (χ3v) is 3.48. The molecule has 1 fully saturated rings. The second kappa shape index (κ2) is 5.60. The van der Waals surface area contributed by atoms with Crippen molar-refractivity contribution < 1.29 is 9.90 Å². The molecule has 1 unspecified atom stereocenters. The van der Waals surface area contributed by atoms with E-state index in [1.807, 2.05) is 12.1 Å². The number of carboxylic acids is 1. The van der Waals surface area contributed by atoms with Gasteiger partial charge in [0.2, 0.25) is 0 Å². The largest absolute Gasteiger partial charge is 0.481 e. The Morgan fingerprint density at radius 1 is 1.59 bits per heavy atom. The molecule has 0 bridgehead atoms. The summed E-state index contributed by atoms with van der Waals surface area (Å²) in [5.74, 6) is -0.401. The maximum absolute atomic E-state index is 10.6. The summed E-state index contributed by atoms with van der Waals surface area (Å²) >= 11 is 3.35. The van der Waals surface area contributed by atoms with Crippen LogP contribution in [-0.2, 0) is 11.3 Å². The number of carbonyl (C=O) groups is 1. The molecule has 0 spiro atoms. The summed E-state index contributed by atoms with van der Waals surface area (Å²) in [6, 6.07) is 3.97. The van der Waals surface area contributed by atoms with E-state index in [0.717, 1.165) is 36.2 Å². The van der Waals surface area contributed by atoms with Gasteiger partial charge in [-0.3, -0.25) is 14.7 Å². The van der Waals surface area contributed by atoms with E-state index in [1.54, 1.807) is 6.20 Å². The Labute approximate surface area is 109 Å². The van der Waals surface area contributed by atoms with Crippen molar-refractivity contribution in [2.75, 3.05) is 13.1 Å². The van der Waals surface area contributed by atoms with Gasteiger partial charge in [0.05, 0.1) is 5.69 Å². The van der Waals surface area contributed by atoms with Gasteiger partial charge in [-0.25, -0.2) is 0 Å². The van der Waals surface area contributed by atoms with Crippen molar-refractivity contribution in [3.05, 3.63) is 28.5 Å². The van der Waals surface area contributed by atoms with E-state index in [2.05, 4.69) is 25.8 Å². The van der Waals surface area contributed by atoms with E-state index in [4.69, 9.17) is 5.11 Å². The Kier molecular flexibility index (Phi) is 4.12. The Morgan fingerprint density at radius 3 is 3.06 bits per heavy atom. The molecule has 17 heavy (non-hydrogen) atoms. The minimum atomic E-state index is -0.696. The number of aliphatic carboxylic acids is 1. The van der Waals surface area contributed by atoms with Crippen LogP contribution in [0.25, 0.3) is 0 Å². The van der Waals surface area contributed by atoms with Gasteiger partial charge in [0, 0.05) is 30.2 Å². The normalized spacial score (nSPS) is 20.6. The molecular formula is C12H15BrN2O2. The number of halogens is 1. The van der Waals surface area contributed by atoms with Crippen LogP contribution < -0.4 is 0 Å². The number of pyridine rings is 1. The number of hydrogen-bond donors (Lipinski definition) is 1. The van der Waals surface area contributed by atoms with E-state index in [9.17, 15) is 4.79 Å². The number of likely N-dealkylation sites (tertiary alicyclic amines) is 1. The molecule has 0 saturated carbocycles. The minimum Gasteiger partial charge on any atom is -0.481 e. The maximum Gasteiger partial charge on any atom is 0.303 e. The smallest absolute Gasteiger partial charge is 0.303 e. The molecule has 1 aromatic rings. The summed E-state index contributed by atoms with van der Waals surface area (Å²) in [6.45, 7) is 2.64. The van der Waals surface area contributed by atoms with E-state index < -0.39 is 5.97 Å². The van der Waals surface area contributed by atoms with Gasteiger partial charge in [-0.15, -0.1) is 0 Å². The molecule has 1 saturated heterocycles. The first kappa shape index (κ1) is 12.5. The molecular weight excluding hydrogens is 284 g/mol. The van der Waals surface area contributed by atoms with Gasteiger partial charge in [0.25, 0.3) is 0 Å². The molecule has 4 nitrogen and oxygen atoms in total. The summed E-state index contributed by atoms with van der Waals surface area (Å²) in [5.41, 5.74) is 1.03. The van der Waals surface area contributed by atoms with Crippen LogP contribution in [-0.4, -0.2) is 34.0 Å². The van der Waals surface area contributed by atoms with Crippen LogP contribution in [0.2, 0.25) is 0 Å². The molecule has 0 aliphatic carbocycles. The zero-order chi connectivity index (χ0) is 12.3. The molecule has 1 N–H and O–H groups in total. The number of rotatable bonds is 4. The van der Waals surface area contributed by atoms with E-state index in [0.29, 0.717) is 5.92 Å². The van der Waals surface area contributed by atoms with Crippen molar-refractivity contribution in [2.24, 2.45) is 5.92 Å². The molecule has 0 radical (unpaired) electrons. The molecule has 1 aliphatic heterocycles. The highest BCUT2D eigenvalue weighted by molar-refractivity contribution is 9.10. The average Bonchev–Trinajstić information content (AvgIpc) is 2.68. The lowest BCUT2D eigenvalue weighted by Gasteiger charge is -2.14. The summed E-state index contributed by atoms with van der Waals surface area (Å²) < 4.78 is 0.978. The molecule has 0 aromatic carbocycles. The first-order valence-electron chi connectivity index (χ1n) is 5.68. The molecule has 2 rings (SSSR count). The van der Waals surface area contributed by atoms with Gasteiger partial charge in [0.15, 0.2) is 0 Å². The highest BCUT2D eigenvalue weighted by Gasteiger charge is 2.24. The summed E-state index contributed by atoms with van der Waals surface area (Å²) in [6.07, 6.45) is 3.05. The van der Waals surface area contributed by atoms with Gasteiger partial charge >= 0.3 is 5.97 Å². The second-order valence-corrected chi connectivity index (χ2v) is 5.37. The van der Waals surface area contributed by atoms with E-state index in [-0.39, 0.29) is 6.42 Å². The minimum absolute atomic E-state index is 0.282. The van der Waals surface area contributed by atoms with Gasteiger partial charge in [-0.05, 0) is 46.9 Å². The topological polar surface area (TPSA) is 53.4 Å². The SMILES string of the molecule is O=C(O)CC1CCN(Cc2ccc(Br)cn2)C1. The van der Waals surface area contributed by atoms with Gasteiger partial charge in [-0.1, -0.05) is 0 Å². The van der Waals surface area contributed by atoms with Crippen molar-refractivity contribution in [1.29, 1.82) is 0 Å². The maximum atomic E-state index is 10.6. The van der Waals surface area contributed by atoms with Crippen LogP contribution in [0, 0.1) is 5.92 Å². The van der Waals surface area contributed by atoms with Crippen molar-refractivity contribution >= 4 is 21.9 Å². The van der Waals surface area contributed by atoms with E-state index in [1.165, 1.54) is 0 Å². The molecule has 92 valence electrons. The second-order valence-electron chi connectivity index (χ2n) is 4.46. The van der Waals surface area contributed by atoms with Crippen LogP contribution in [0.4, 0.5) is 0 Å². The average molecular weight is 299 g/mol. The summed E-state index contributed by atoms with van der Waals surface area (Å²) in [5, 5.41) is 8.74. The number of nitrogens with zero attached hydrogens (tertiary/aromatic N) is 2. The Morgan fingerprint density at radius 2 is 2.41 bits per heavy atom. The highest BCUT2D eigenvalue weighted by Crippen LogP contribution is 2.21. The van der Waals surface area contributed by atoms with Gasteiger partial charge < -0.3 is 5.11 Å². The monoisotopic (exact) mass is 298 g/mol. The Hall–Kier alpha value is -0.940. The first-order chi connectivity index (χ1) is 8.13. The zero-order valence-electron chi connectivity index (χ0n) is 9.47. The standard InChI is InChI=1S/C12H15BrN2O2/c13-10-1-2-11(14-6-10)8-15-4-3-9(7-15)5-12(16)17/h1-2,6,9H,3-5,7-8H2,(H,16,17). The van der Waals surface area contributed by atoms with Crippen molar-refractivity contribution in [2.45, 2.75) is 19.4 Å².